The predicted octanol–water partition coefficient (Wildman–Crippen LogP) is 3.10. The molecule has 3 nitrogen and oxygen atoms in total. The zero-order chi connectivity index (χ0) is 12.6. The first kappa shape index (κ1) is 12.0. The molecular formula is C13H16N2OS. The number of rotatable bonds is 1. The molecule has 90 valence electrons. The Morgan fingerprint density at radius 1 is 1.29 bits per heavy atom. The summed E-state index contributed by atoms with van der Waals surface area (Å²) < 4.78 is 0. The summed E-state index contributed by atoms with van der Waals surface area (Å²) >= 11 is 1.62. The van der Waals surface area contributed by atoms with Gasteiger partial charge >= 0.3 is 0 Å². The lowest BCUT2D eigenvalue weighted by molar-refractivity contribution is 0.566. The number of H-pyrrole nitrogens is 1. The van der Waals surface area contributed by atoms with Gasteiger partial charge in [0.25, 0.3) is 5.56 Å². The minimum absolute atomic E-state index is 0.0921. The van der Waals surface area contributed by atoms with Crippen molar-refractivity contribution in [3.8, 4) is 11.4 Å². The summed E-state index contributed by atoms with van der Waals surface area (Å²) in [6.07, 6.45) is 0. The van der Waals surface area contributed by atoms with Crippen LogP contribution in [0.3, 0.4) is 0 Å². The molecule has 0 aliphatic carbocycles. The second-order valence-corrected chi connectivity index (χ2v) is 5.94. The van der Waals surface area contributed by atoms with Crippen molar-refractivity contribution >= 4 is 11.3 Å². The average Bonchev–Trinajstić information content (AvgIpc) is 2.62. The molecule has 1 N–H and O–H groups in total. The van der Waals surface area contributed by atoms with Gasteiger partial charge in [0, 0.05) is 22.4 Å². The van der Waals surface area contributed by atoms with E-state index in [-0.39, 0.29) is 11.0 Å². The first-order chi connectivity index (χ1) is 7.88. The van der Waals surface area contributed by atoms with E-state index in [1.807, 2.05) is 12.3 Å². The van der Waals surface area contributed by atoms with Crippen molar-refractivity contribution in [3.05, 3.63) is 38.4 Å². The zero-order valence-corrected chi connectivity index (χ0v) is 11.3. The van der Waals surface area contributed by atoms with Crippen molar-refractivity contribution in [1.29, 1.82) is 0 Å². The number of nitrogens with one attached hydrogen (secondary N) is 1. The Bertz CT molecular complexity index is 590. The second-order valence-electron chi connectivity index (χ2n) is 5.20. The molecule has 0 atom stereocenters. The molecule has 2 aromatic heterocycles. The molecular weight excluding hydrogens is 232 g/mol. The summed E-state index contributed by atoms with van der Waals surface area (Å²) in [4.78, 5) is 19.0. The van der Waals surface area contributed by atoms with Crippen LogP contribution in [0.1, 0.15) is 32.0 Å². The standard InChI is InChI=1S/C13H16N2OS/c1-8-6-17-7-9(8)12-14-10(13(2,3)4)5-11(16)15-12/h5-7H,1-4H3,(H,14,15,16). The Morgan fingerprint density at radius 2 is 2.00 bits per heavy atom. The molecule has 0 radical (unpaired) electrons. The molecule has 0 aromatic carbocycles. The summed E-state index contributed by atoms with van der Waals surface area (Å²) in [5.74, 6) is 0.668. The summed E-state index contributed by atoms with van der Waals surface area (Å²) in [5.41, 5.74) is 2.77. The highest BCUT2D eigenvalue weighted by Gasteiger charge is 2.18. The van der Waals surface area contributed by atoms with E-state index in [1.165, 1.54) is 0 Å². The number of aryl methyl sites for hydroxylation is 1. The molecule has 2 heterocycles. The molecule has 0 saturated heterocycles. The van der Waals surface area contributed by atoms with E-state index in [9.17, 15) is 4.79 Å². The molecule has 0 aliphatic heterocycles. The Morgan fingerprint density at radius 3 is 2.53 bits per heavy atom. The maximum atomic E-state index is 11.7. The maximum Gasteiger partial charge on any atom is 0.251 e. The van der Waals surface area contributed by atoms with E-state index in [0.717, 1.165) is 16.8 Å². The SMILES string of the molecule is Cc1cscc1-c1nc(C(C)(C)C)cc(=O)[nH]1. The third-order valence-electron chi connectivity index (χ3n) is 2.62. The lowest BCUT2D eigenvalue weighted by Gasteiger charge is -2.17. The molecule has 4 heteroatoms. The molecule has 0 saturated carbocycles. The summed E-state index contributed by atoms with van der Waals surface area (Å²) in [6.45, 7) is 8.19. The molecule has 17 heavy (non-hydrogen) atoms. The topological polar surface area (TPSA) is 45.8 Å². The highest BCUT2D eigenvalue weighted by atomic mass is 32.1. The van der Waals surface area contributed by atoms with Crippen LogP contribution in [0.15, 0.2) is 21.6 Å². The van der Waals surface area contributed by atoms with Gasteiger partial charge < -0.3 is 4.98 Å². The molecule has 0 fully saturated rings. The van der Waals surface area contributed by atoms with E-state index in [0.29, 0.717) is 5.82 Å². The van der Waals surface area contributed by atoms with Gasteiger partial charge in [-0.2, -0.15) is 11.3 Å². The van der Waals surface area contributed by atoms with Gasteiger partial charge in [0.1, 0.15) is 5.82 Å². The average molecular weight is 248 g/mol. The smallest absolute Gasteiger partial charge is 0.251 e. The minimum Gasteiger partial charge on any atom is -0.306 e. The minimum atomic E-state index is -0.118. The van der Waals surface area contributed by atoms with E-state index in [2.05, 4.69) is 36.1 Å². The lowest BCUT2D eigenvalue weighted by atomic mass is 9.92. The van der Waals surface area contributed by atoms with Crippen LogP contribution in [0.2, 0.25) is 0 Å². The number of aromatic nitrogens is 2. The Balaban J connectivity index is 2.61. The first-order valence-corrected chi connectivity index (χ1v) is 6.47. The molecule has 2 rings (SSSR count). The predicted molar refractivity (Wildman–Crippen MR) is 71.6 cm³/mol. The molecule has 0 unspecified atom stereocenters. The third kappa shape index (κ3) is 2.47. The lowest BCUT2D eigenvalue weighted by Crippen LogP contribution is -2.19. The number of aromatic amines is 1. The van der Waals surface area contributed by atoms with Gasteiger partial charge in [0.05, 0.1) is 5.69 Å². The highest BCUT2D eigenvalue weighted by Crippen LogP contribution is 2.25. The number of hydrogen-bond donors (Lipinski definition) is 1. The maximum absolute atomic E-state index is 11.7. The molecule has 2 aromatic rings. The largest absolute Gasteiger partial charge is 0.306 e. The first-order valence-electron chi connectivity index (χ1n) is 5.53. The Labute approximate surface area is 105 Å². The normalized spacial score (nSPS) is 11.8. The van der Waals surface area contributed by atoms with E-state index in [4.69, 9.17) is 0 Å². The van der Waals surface area contributed by atoms with Crippen molar-refractivity contribution in [2.24, 2.45) is 0 Å². The Kier molecular flexibility index (Phi) is 2.91. The van der Waals surface area contributed by atoms with Crippen molar-refractivity contribution in [1.82, 2.24) is 9.97 Å². The fraction of sp³-hybridized carbons (Fsp3) is 0.385. The van der Waals surface area contributed by atoms with Crippen molar-refractivity contribution < 1.29 is 0 Å². The summed E-state index contributed by atoms with van der Waals surface area (Å²) in [6, 6.07) is 1.57. The molecule has 0 aliphatic rings. The van der Waals surface area contributed by atoms with E-state index < -0.39 is 0 Å². The third-order valence-corrected chi connectivity index (χ3v) is 3.48. The van der Waals surface area contributed by atoms with Crippen molar-refractivity contribution in [3.63, 3.8) is 0 Å². The van der Waals surface area contributed by atoms with Gasteiger partial charge in [-0.15, -0.1) is 0 Å². The van der Waals surface area contributed by atoms with Crippen LogP contribution in [0.4, 0.5) is 0 Å². The van der Waals surface area contributed by atoms with Crippen LogP contribution in [0.5, 0.6) is 0 Å². The fourth-order valence-electron chi connectivity index (χ4n) is 1.57. The van der Waals surface area contributed by atoms with Gasteiger partial charge in [-0.1, -0.05) is 20.8 Å². The quantitative estimate of drug-likeness (QED) is 0.843. The number of nitrogens with zero attached hydrogens (tertiary/aromatic N) is 1. The monoisotopic (exact) mass is 248 g/mol. The van der Waals surface area contributed by atoms with E-state index >= 15 is 0 Å². The van der Waals surface area contributed by atoms with Gasteiger partial charge in [-0.05, 0) is 17.9 Å². The Hall–Kier alpha value is -1.42. The van der Waals surface area contributed by atoms with Crippen molar-refractivity contribution in [2.75, 3.05) is 0 Å². The molecule has 0 spiro atoms. The van der Waals surface area contributed by atoms with Crippen LogP contribution in [-0.4, -0.2) is 9.97 Å². The van der Waals surface area contributed by atoms with Crippen LogP contribution in [0.25, 0.3) is 11.4 Å². The van der Waals surface area contributed by atoms with Crippen LogP contribution in [0, 0.1) is 6.92 Å². The second kappa shape index (κ2) is 4.11. The van der Waals surface area contributed by atoms with E-state index in [1.54, 1.807) is 17.4 Å². The summed E-state index contributed by atoms with van der Waals surface area (Å²) in [7, 11) is 0. The highest BCUT2D eigenvalue weighted by molar-refractivity contribution is 7.08. The zero-order valence-electron chi connectivity index (χ0n) is 10.5. The molecule has 0 amide bonds. The van der Waals surface area contributed by atoms with Crippen LogP contribution < -0.4 is 5.56 Å². The van der Waals surface area contributed by atoms with Gasteiger partial charge in [-0.3, -0.25) is 4.79 Å². The number of thiophene rings is 1. The number of hydrogen-bond acceptors (Lipinski definition) is 3. The van der Waals surface area contributed by atoms with Crippen molar-refractivity contribution in [2.45, 2.75) is 33.1 Å². The van der Waals surface area contributed by atoms with Crippen LogP contribution >= 0.6 is 11.3 Å². The van der Waals surface area contributed by atoms with Crippen LogP contribution in [-0.2, 0) is 5.41 Å². The van der Waals surface area contributed by atoms with Gasteiger partial charge in [0.15, 0.2) is 0 Å². The van der Waals surface area contributed by atoms with Gasteiger partial charge in [0.2, 0.25) is 0 Å². The molecule has 0 bridgehead atoms. The van der Waals surface area contributed by atoms with Gasteiger partial charge in [-0.25, -0.2) is 4.98 Å². The fourth-order valence-corrected chi connectivity index (χ4v) is 2.41. The summed E-state index contributed by atoms with van der Waals surface area (Å²) in [5, 5.41) is 4.07.